The summed E-state index contributed by atoms with van der Waals surface area (Å²) in [6, 6.07) is 18.9. The summed E-state index contributed by atoms with van der Waals surface area (Å²) >= 11 is 0. The third-order valence-corrected chi connectivity index (χ3v) is 6.60. The lowest BCUT2D eigenvalue weighted by atomic mass is 9.96. The third-order valence-electron chi connectivity index (χ3n) is 6.60. The molecule has 0 unspecified atom stereocenters. The van der Waals surface area contributed by atoms with Gasteiger partial charge in [0.1, 0.15) is 17.3 Å². The summed E-state index contributed by atoms with van der Waals surface area (Å²) in [6.07, 6.45) is -3.12. The van der Waals surface area contributed by atoms with Crippen molar-refractivity contribution in [3.63, 3.8) is 0 Å². The molecule has 1 N–H and O–H groups in total. The molecule has 0 bridgehead atoms. The van der Waals surface area contributed by atoms with Crippen molar-refractivity contribution < 1.29 is 27.1 Å². The number of carbonyl (C=O) groups excluding carboxylic acids is 1. The zero-order chi connectivity index (χ0) is 26.7. The van der Waals surface area contributed by atoms with Gasteiger partial charge in [0.2, 0.25) is 0 Å². The molecule has 1 aliphatic heterocycles. The monoisotopic (exact) mass is 524 g/mol. The standard InChI is InChI=1S/C28H24F4N4O2/c29-21-9-5-19(6-10-21)25-23-3-1-2-4-24(23)26(35-34-25)36-15-13-18(14-16-36)17-33-27(37)20-7-11-22(12-8-20)38-28(30,31)32/h1-12,18H,13-17H2,(H,33,37). The quantitative estimate of drug-likeness (QED) is 0.314. The van der Waals surface area contributed by atoms with E-state index in [1.807, 2.05) is 24.3 Å². The third kappa shape index (κ3) is 5.85. The van der Waals surface area contributed by atoms with Gasteiger partial charge in [-0.2, -0.15) is 0 Å². The smallest absolute Gasteiger partial charge is 0.406 e. The number of carbonyl (C=O) groups is 1. The molecule has 0 radical (unpaired) electrons. The minimum absolute atomic E-state index is 0.251. The molecule has 1 aliphatic rings. The Bertz CT molecular complexity index is 1420. The second-order valence-electron chi connectivity index (χ2n) is 9.14. The second-order valence-corrected chi connectivity index (χ2v) is 9.14. The summed E-state index contributed by atoms with van der Waals surface area (Å²) in [5.74, 6) is 0.00738. The van der Waals surface area contributed by atoms with Gasteiger partial charge in [-0.25, -0.2) is 4.39 Å². The number of benzene rings is 3. The molecule has 0 saturated carbocycles. The minimum Gasteiger partial charge on any atom is -0.406 e. The SMILES string of the molecule is O=C(NCC1CCN(c2nnc(-c3ccc(F)cc3)c3ccccc23)CC1)c1ccc(OC(F)(F)F)cc1. The number of piperidine rings is 1. The number of alkyl halides is 3. The van der Waals surface area contributed by atoms with Crippen LogP contribution in [-0.2, 0) is 0 Å². The number of nitrogens with zero attached hydrogens (tertiary/aromatic N) is 3. The zero-order valence-electron chi connectivity index (χ0n) is 20.2. The van der Waals surface area contributed by atoms with Crippen LogP contribution < -0.4 is 15.0 Å². The minimum atomic E-state index is -4.78. The van der Waals surface area contributed by atoms with E-state index in [0.29, 0.717) is 12.2 Å². The maximum atomic E-state index is 13.4. The van der Waals surface area contributed by atoms with Gasteiger partial charge in [0, 0.05) is 41.5 Å². The van der Waals surface area contributed by atoms with E-state index in [1.54, 1.807) is 12.1 Å². The van der Waals surface area contributed by atoms with Gasteiger partial charge in [-0.3, -0.25) is 4.79 Å². The molecule has 1 fully saturated rings. The maximum Gasteiger partial charge on any atom is 0.573 e. The molecule has 0 atom stereocenters. The summed E-state index contributed by atoms with van der Waals surface area (Å²) in [7, 11) is 0. The molecule has 1 amide bonds. The van der Waals surface area contributed by atoms with Gasteiger partial charge in [-0.05, 0) is 67.3 Å². The summed E-state index contributed by atoms with van der Waals surface area (Å²) in [5, 5.41) is 13.8. The Kier molecular flexibility index (Phi) is 7.13. The number of rotatable bonds is 6. The molecule has 196 valence electrons. The Morgan fingerprint density at radius 1 is 0.921 bits per heavy atom. The first-order valence-corrected chi connectivity index (χ1v) is 12.2. The van der Waals surface area contributed by atoms with Crippen LogP contribution in [0.4, 0.5) is 23.4 Å². The molecule has 38 heavy (non-hydrogen) atoms. The van der Waals surface area contributed by atoms with Crippen LogP contribution in [0, 0.1) is 11.7 Å². The van der Waals surface area contributed by atoms with Gasteiger partial charge in [0.05, 0.1) is 0 Å². The van der Waals surface area contributed by atoms with Crippen molar-refractivity contribution in [1.82, 2.24) is 15.5 Å². The van der Waals surface area contributed by atoms with Gasteiger partial charge >= 0.3 is 6.36 Å². The van der Waals surface area contributed by atoms with Crippen LogP contribution in [0.1, 0.15) is 23.2 Å². The van der Waals surface area contributed by atoms with Crippen molar-refractivity contribution in [3.8, 4) is 17.0 Å². The lowest BCUT2D eigenvalue weighted by Gasteiger charge is -2.33. The molecule has 1 aromatic heterocycles. The van der Waals surface area contributed by atoms with Gasteiger partial charge in [-0.15, -0.1) is 23.4 Å². The van der Waals surface area contributed by atoms with Crippen LogP contribution in [0.5, 0.6) is 5.75 Å². The summed E-state index contributed by atoms with van der Waals surface area (Å²) in [5.41, 5.74) is 1.75. The van der Waals surface area contributed by atoms with Crippen molar-refractivity contribution in [2.45, 2.75) is 19.2 Å². The predicted octanol–water partition coefficient (Wildman–Crippen LogP) is 5.98. The predicted molar refractivity (Wildman–Crippen MR) is 135 cm³/mol. The Morgan fingerprint density at radius 2 is 1.58 bits per heavy atom. The first-order chi connectivity index (χ1) is 18.3. The topological polar surface area (TPSA) is 67.4 Å². The molecule has 0 aliphatic carbocycles. The number of hydrogen-bond acceptors (Lipinski definition) is 5. The van der Waals surface area contributed by atoms with Crippen molar-refractivity contribution in [2.24, 2.45) is 5.92 Å². The molecule has 1 saturated heterocycles. The molecular weight excluding hydrogens is 500 g/mol. The second kappa shape index (κ2) is 10.6. The van der Waals surface area contributed by atoms with Crippen LogP contribution >= 0.6 is 0 Å². The van der Waals surface area contributed by atoms with Crippen molar-refractivity contribution >= 4 is 22.5 Å². The molecule has 3 aromatic carbocycles. The van der Waals surface area contributed by atoms with Crippen LogP contribution in [0.3, 0.4) is 0 Å². The van der Waals surface area contributed by atoms with Gasteiger partial charge in [0.25, 0.3) is 5.91 Å². The van der Waals surface area contributed by atoms with Crippen LogP contribution in [0.2, 0.25) is 0 Å². The number of fused-ring (bicyclic) bond motifs is 1. The number of hydrogen-bond donors (Lipinski definition) is 1. The fourth-order valence-corrected chi connectivity index (χ4v) is 4.64. The molecular formula is C28H24F4N4O2. The first kappa shape index (κ1) is 25.4. The average Bonchev–Trinajstić information content (AvgIpc) is 2.91. The van der Waals surface area contributed by atoms with Gasteiger partial charge < -0.3 is 15.0 Å². The molecule has 10 heteroatoms. The highest BCUT2D eigenvalue weighted by Gasteiger charge is 2.31. The van der Waals surface area contributed by atoms with E-state index in [9.17, 15) is 22.4 Å². The molecule has 4 aromatic rings. The van der Waals surface area contributed by atoms with Gasteiger partial charge in [-0.1, -0.05) is 24.3 Å². The van der Waals surface area contributed by atoms with E-state index in [4.69, 9.17) is 0 Å². The lowest BCUT2D eigenvalue weighted by Crippen LogP contribution is -2.39. The Balaban J connectivity index is 1.20. The van der Waals surface area contributed by atoms with Crippen molar-refractivity contribution in [2.75, 3.05) is 24.5 Å². The van der Waals surface area contributed by atoms with Crippen LogP contribution in [-0.4, -0.2) is 42.1 Å². The number of aromatic nitrogens is 2. The summed E-state index contributed by atoms with van der Waals surface area (Å²) in [4.78, 5) is 14.6. The van der Waals surface area contributed by atoms with Crippen LogP contribution in [0.15, 0.2) is 72.8 Å². The Morgan fingerprint density at radius 3 is 2.24 bits per heavy atom. The number of amides is 1. The number of halogens is 4. The largest absolute Gasteiger partial charge is 0.573 e. The maximum absolute atomic E-state index is 13.4. The first-order valence-electron chi connectivity index (χ1n) is 12.2. The summed E-state index contributed by atoms with van der Waals surface area (Å²) in [6.45, 7) is 1.93. The molecule has 0 spiro atoms. The van der Waals surface area contributed by atoms with Crippen molar-refractivity contribution in [3.05, 3.63) is 84.2 Å². The lowest BCUT2D eigenvalue weighted by molar-refractivity contribution is -0.274. The fraction of sp³-hybridized carbons (Fsp3) is 0.250. The fourth-order valence-electron chi connectivity index (χ4n) is 4.64. The van der Waals surface area contributed by atoms with Crippen LogP contribution in [0.25, 0.3) is 22.0 Å². The highest BCUT2D eigenvalue weighted by molar-refractivity contribution is 6.00. The number of nitrogens with one attached hydrogen (secondary N) is 1. The zero-order valence-corrected chi connectivity index (χ0v) is 20.2. The van der Waals surface area contributed by atoms with E-state index >= 15 is 0 Å². The highest BCUT2D eigenvalue weighted by atomic mass is 19.4. The van der Waals surface area contributed by atoms with Crippen molar-refractivity contribution in [1.29, 1.82) is 0 Å². The molecule has 5 rings (SSSR count). The van der Waals surface area contributed by atoms with E-state index in [-0.39, 0.29) is 29.0 Å². The number of ether oxygens (including phenoxy) is 1. The van der Waals surface area contributed by atoms with E-state index < -0.39 is 6.36 Å². The Labute approximate surface area is 216 Å². The van der Waals surface area contributed by atoms with Gasteiger partial charge in [0.15, 0.2) is 5.82 Å². The number of anilines is 1. The average molecular weight is 525 g/mol. The van der Waals surface area contributed by atoms with E-state index in [2.05, 4.69) is 25.2 Å². The summed E-state index contributed by atoms with van der Waals surface area (Å²) < 4.78 is 54.2. The normalized spacial score (nSPS) is 14.5. The molecule has 6 nitrogen and oxygen atoms in total. The molecule has 2 heterocycles. The van der Waals surface area contributed by atoms with E-state index in [0.717, 1.165) is 60.2 Å². The Hall–Kier alpha value is -4.21. The van der Waals surface area contributed by atoms with E-state index in [1.165, 1.54) is 24.3 Å². The highest BCUT2D eigenvalue weighted by Crippen LogP contribution is 2.33.